The first-order valence-corrected chi connectivity index (χ1v) is 14.8. The summed E-state index contributed by atoms with van der Waals surface area (Å²) >= 11 is 1.52. The normalized spacial score (nSPS) is 30.2. The van der Waals surface area contributed by atoms with Crippen LogP contribution in [-0.2, 0) is 25.5 Å². The van der Waals surface area contributed by atoms with E-state index in [0.717, 1.165) is 22.4 Å². The average Bonchev–Trinajstić information content (AvgIpc) is 3.32. The lowest BCUT2D eigenvalue weighted by atomic mass is 9.78. The van der Waals surface area contributed by atoms with Crippen LogP contribution in [0.3, 0.4) is 0 Å². The molecule has 1 spiro atoms. The summed E-state index contributed by atoms with van der Waals surface area (Å²) in [4.78, 5) is 46.1. The maximum Gasteiger partial charge on any atom is 0.311 e. The summed E-state index contributed by atoms with van der Waals surface area (Å²) in [5, 5.41) is 10.4. The molecule has 0 aromatic heterocycles. The van der Waals surface area contributed by atoms with Crippen LogP contribution < -0.4 is 4.90 Å². The number of benzene rings is 2. The first-order chi connectivity index (χ1) is 19.4. The van der Waals surface area contributed by atoms with Gasteiger partial charge in [0.15, 0.2) is 0 Å². The van der Waals surface area contributed by atoms with Crippen LogP contribution >= 0.6 is 11.8 Å². The molecule has 4 heterocycles. The van der Waals surface area contributed by atoms with Crippen molar-refractivity contribution in [3.63, 3.8) is 0 Å². The molecule has 8 heteroatoms. The minimum absolute atomic E-state index is 0.191. The SMILES string of the molecule is Cc1cccc(C)c1N1CC=C[C@]23S[C@@H]4C=CCCOC(=O)[C@@H]4[C@H]2C(=O)N([C@@H](CO)Cc2ccccc2)C3C1=O. The lowest BCUT2D eigenvalue weighted by molar-refractivity contribution is -0.153. The summed E-state index contributed by atoms with van der Waals surface area (Å²) in [5.41, 5.74) is 3.74. The van der Waals surface area contributed by atoms with Gasteiger partial charge in [-0.2, -0.15) is 0 Å². The summed E-state index contributed by atoms with van der Waals surface area (Å²) in [7, 11) is 0. The number of amides is 2. The molecule has 0 saturated carbocycles. The van der Waals surface area contributed by atoms with Gasteiger partial charge in [-0.3, -0.25) is 14.4 Å². The summed E-state index contributed by atoms with van der Waals surface area (Å²) in [6, 6.07) is 14.1. The average molecular weight is 559 g/mol. The van der Waals surface area contributed by atoms with E-state index in [9.17, 15) is 19.5 Å². The molecular weight excluding hydrogens is 524 g/mol. The zero-order chi connectivity index (χ0) is 28.0. The van der Waals surface area contributed by atoms with Crippen LogP contribution in [0.1, 0.15) is 23.1 Å². The fourth-order valence-corrected chi connectivity index (χ4v) is 9.00. The molecule has 4 aliphatic rings. The molecule has 6 rings (SSSR count). The van der Waals surface area contributed by atoms with E-state index in [1.54, 1.807) is 9.80 Å². The van der Waals surface area contributed by atoms with E-state index < -0.39 is 34.6 Å². The van der Waals surface area contributed by atoms with E-state index in [1.807, 2.05) is 86.7 Å². The van der Waals surface area contributed by atoms with E-state index in [0.29, 0.717) is 19.4 Å². The molecule has 2 fully saturated rings. The maximum absolute atomic E-state index is 14.8. The van der Waals surface area contributed by atoms with Gasteiger partial charge < -0.3 is 19.6 Å². The zero-order valence-corrected chi connectivity index (χ0v) is 23.5. The van der Waals surface area contributed by atoms with E-state index in [1.165, 1.54) is 11.8 Å². The number of carbonyl (C=O) groups excluding carboxylic acids is 3. The topological polar surface area (TPSA) is 87.2 Å². The molecule has 1 N–H and O–H groups in total. The highest BCUT2D eigenvalue weighted by molar-refractivity contribution is 8.02. The maximum atomic E-state index is 14.8. The van der Waals surface area contributed by atoms with Crippen molar-refractivity contribution in [3.05, 3.63) is 89.5 Å². The quantitative estimate of drug-likeness (QED) is 0.446. The van der Waals surface area contributed by atoms with E-state index in [-0.39, 0.29) is 30.3 Å². The number of hydrogen-bond acceptors (Lipinski definition) is 6. The number of para-hydroxylation sites is 1. The highest BCUT2D eigenvalue weighted by Crippen LogP contribution is 2.61. The molecule has 0 bridgehead atoms. The van der Waals surface area contributed by atoms with Crippen LogP contribution in [0.5, 0.6) is 0 Å². The number of likely N-dealkylation sites (tertiary alicyclic amines) is 1. The number of rotatable bonds is 5. The summed E-state index contributed by atoms with van der Waals surface area (Å²) in [6.07, 6.45) is 9.00. The number of aliphatic hydroxyl groups excluding tert-OH is 1. The largest absolute Gasteiger partial charge is 0.465 e. The Morgan fingerprint density at radius 1 is 1.02 bits per heavy atom. The minimum Gasteiger partial charge on any atom is -0.465 e. The Morgan fingerprint density at radius 3 is 2.50 bits per heavy atom. The lowest BCUT2D eigenvalue weighted by Crippen LogP contribution is -2.57. The second-order valence-electron chi connectivity index (χ2n) is 11.1. The Labute approximate surface area is 238 Å². The molecule has 0 aliphatic carbocycles. The van der Waals surface area contributed by atoms with E-state index in [4.69, 9.17) is 4.74 Å². The molecular formula is C32H34N2O5S. The number of nitrogens with zero attached hydrogens (tertiary/aromatic N) is 2. The molecule has 7 nitrogen and oxygen atoms in total. The van der Waals surface area contributed by atoms with Gasteiger partial charge in [0.25, 0.3) is 5.91 Å². The third-order valence-electron chi connectivity index (χ3n) is 8.69. The van der Waals surface area contributed by atoms with Gasteiger partial charge in [-0.15, -0.1) is 11.8 Å². The second-order valence-corrected chi connectivity index (χ2v) is 12.6. The van der Waals surface area contributed by atoms with E-state index in [2.05, 4.69) is 0 Å². The summed E-state index contributed by atoms with van der Waals surface area (Å²) < 4.78 is 4.62. The molecule has 2 amide bonds. The molecule has 6 atom stereocenters. The number of hydrogen-bond donors (Lipinski definition) is 1. The zero-order valence-electron chi connectivity index (χ0n) is 22.7. The lowest BCUT2D eigenvalue weighted by Gasteiger charge is -2.39. The van der Waals surface area contributed by atoms with Crippen molar-refractivity contribution in [1.29, 1.82) is 0 Å². The van der Waals surface area contributed by atoms with Crippen LogP contribution in [-0.4, -0.2) is 69.6 Å². The van der Waals surface area contributed by atoms with E-state index >= 15 is 0 Å². The number of aryl methyl sites for hydroxylation is 2. The monoisotopic (exact) mass is 558 g/mol. The van der Waals surface area contributed by atoms with Crippen molar-refractivity contribution in [2.24, 2.45) is 11.8 Å². The first-order valence-electron chi connectivity index (χ1n) is 13.9. The van der Waals surface area contributed by atoms with Gasteiger partial charge in [0, 0.05) is 17.5 Å². The number of aliphatic hydroxyl groups is 1. The Hall–Kier alpha value is -3.36. The number of fused-ring (bicyclic) bond motifs is 2. The molecule has 2 aromatic carbocycles. The van der Waals surface area contributed by atoms with Crippen LogP contribution in [0.4, 0.5) is 5.69 Å². The van der Waals surface area contributed by atoms with Crippen LogP contribution in [0.2, 0.25) is 0 Å². The van der Waals surface area contributed by atoms with Gasteiger partial charge in [0.05, 0.1) is 35.8 Å². The molecule has 1 unspecified atom stereocenters. The third-order valence-corrected chi connectivity index (χ3v) is 10.4. The van der Waals surface area contributed by atoms with Gasteiger partial charge in [-0.05, 0) is 43.4 Å². The summed E-state index contributed by atoms with van der Waals surface area (Å²) in [5.74, 6) is -2.33. The first kappa shape index (κ1) is 26.8. The standard InChI is InChI=1S/C32H34N2O5S/c1-20-10-8-11-21(2)27(20)33-16-9-15-32-26(25-24(40-32)14-6-7-17-39-31(25)38)29(36)34(28(32)30(33)37)23(19-35)18-22-12-4-3-5-13-22/h3-6,8-15,23-26,28,35H,7,16-19H2,1-2H3/t23-,24-,25+,26+,28?,32+/m1/s1. The molecule has 2 saturated heterocycles. The van der Waals surface area contributed by atoms with Crippen molar-refractivity contribution in [2.45, 2.75) is 48.8 Å². The van der Waals surface area contributed by atoms with Crippen molar-refractivity contribution in [2.75, 3.05) is 24.7 Å². The Kier molecular flexibility index (Phi) is 7.09. The molecule has 2 aromatic rings. The van der Waals surface area contributed by atoms with Crippen LogP contribution in [0, 0.1) is 25.7 Å². The van der Waals surface area contributed by atoms with Crippen molar-refractivity contribution < 1.29 is 24.2 Å². The summed E-state index contributed by atoms with van der Waals surface area (Å²) in [6.45, 7) is 4.30. The van der Waals surface area contributed by atoms with Crippen molar-refractivity contribution >= 4 is 35.2 Å². The number of esters is 1. The predicted octanol–water partition coefficient (Wildman–Crippen LogP) is 3.61. The second kappa shape index (κ2) is 10.6. The number of anilines is 1. The number of carbonyl (C=O) groups is 3. The van der Waals surface area contributed by atoms with Crippen molar-refractivity contribution in [1.82, 2.24) is 4.90 Å². The highest BCUT2D eigenvalue weighted by atomic mass is 32.2. The van der Waals surface area contributed by atoms with Gasteiger partial charge in [-0.25, -0.2) is 0 Å². The van der Waals surface area contributed by atoms with Crippen LogP contribution in [0.15, 0.2) is 72.8 Å². The molecule has 40 heavy (non-hydrogen) atoms. The Morgan fingerprint density at radius 2 is 1.77 bits per heavy atom. The molecule has 0 radical (unpaired) electrons. The fourth-order valence-electron chi connectivity index (χ4n) is 7.01. The number of ether oxygens (including phenoxy) is 1. The third kappa shape index (κ3) is 4.20. The number of cyclic esters (lactones) is 1. The fraction of sp³-hybridized carbons (Fsp3) is 0.406. The van der Waals surface area contributed by atoms with Gasteiger partial charge in [-0.1, -0.05) is 72.8 Å². The van der Waals surface area contributed by atoms with Gasteiger partial charge in [0.1, 0.15) is 6.04 Å². The predicted molar refractivity (Wildman–Crippen MR) is 155 cm³/mol. The Balaban J connectivity index is 1.50. The smallest absolute Gasteiger partial charge is 0.311 e. The van der Waals surface area contributed by atoms with Crippen molar-refractivity contribution in [3.8, 4) is 0 Å². The Bertz CT molecular complexity index is 1370. The number of thioether (sulfide) groups is 1. The molecule has 208 valence electrons. The highest BCUT2D eigenvalue weighted by Gasteiger charge is 2.71. The van der Waals surface area contributed by atoms with Gasteiger partial charge in [0.2, 0.25) is 5.91 Å². The van der Waals surface area contributed by atoms with Crippen LogP contribution in [0.25, 0.3) is 0 Å². The molecule has 4 aliphatic heterocycles. The van der Waals surface area contributed by atoms with Gasteiger partial charge >= 0.3 is 5.97 Å². The minimum atomic E-state index is -0.966.